The average Bonchev–Trinajstić information content (AvgIpc) is 3.00. The zero-order valence-electron chi connectivity index (χ0n) is 12.1. The van der Waals surface area contributed by atoms with Crippen molar-refractivity contribution in [2.75, 3.05) is 13.1 Å². The summed E-state index contributed by atoms with van der Waals surface area (Å²) in [6, 6.07) is 7.11. The number of Topliss-reactive ketones (excluding diaryl/α,β-unsaturated/α-hetero) is 1. The van der Waals surface area contributed by atoms with Gasteiger partial charge in [0.2, 0.25) is 0 Å². The molecule has 2 rings (SSSR count). The summed E-state index contributed by atoms with van der Waals surface area (Å²) in [5.41, 5.74) is 0.552. The number of hydrogen-bond acceptors (Lipinski definition) is 3. The molecule has 20 heavy (non-hydrogen) atoms. The van der Waals surface area contributed by atoms with Crippen molar-refractivity contribution in [3.05, 3.63) is 29.8 Å². The zero-order chi connectivity index (χ0) is 14.5. The molecule has 0 bridgehead atoms. The maximum absolute atomic E-state index is 12.2. The van der Waals surface area contributed by atoms with Gasteiger partial charge in [0.25, 0.3) is 5.91 Å². The number of para-hydroxylation sites is 1. The molecule has 4 heteroatoms. The number of ketones is 1. The van der Waals surface area contributed by atoms with Crippen LogP contribution in [0.4, 0.5) is 0 Å². The Hall–Kier alpha value is -1.84. The molecule has 108 valence electrons. The van der Waals surface area contributed by atoms with E-state index in [9.17, 15) is 9.59 Å². The number of benzene rings is 1. The molecule has 1 aliphatic rings. The summed E-state index contributed by atoms with van der Waals surface area (Å²) in [6.07, 6.45) is 1.99. The quantitative estimate of drug-likeness (QED) is 0.776. The van der Waals surface area contributed by atoms with Crippen LogP contribution < -0.4 is 4.74 Å². The summed E-state index contributed by atoms with van der Waals surface area (Å²) in [5.74, 6) is 0.530. The first kappa shape index (κ1) is 14.6. The Bertz CT molecular complexity index is 492. The molecule has 0 aliphatic carbocycles. The Balaban J connectivity index is 2.09. The minimum absolute atomic E-state index is 0.00116. The highest BCUT2D eigenvalue weighted by Gasteiger charge is 2.25. The highest BCUT2D eigenvalue weighted by molar-refractivity contribution is 5.98. The average molecular weight is 275 g/mol. The van der Waals surface area contributed by atoms with Gasteiger partial charge in [0.15, 0.2) is 11.9 Å². The fraction of sp³-hybridized carbons (Fsp3) is 0.500. The first-order chi connectivity index (χ1) is 9.63. The van der Waals surface area contributed by atoms with Crippen molar-refractivity contribution in [1.29, 1.82) is 0 Å². The van der Waals surface area contributed by atoms with Gasteiger partial charge in [-0.25, -0.2) is 0 Å². The Morgan fingerprint density at radius 3 is 2.55 bits per heavy atom. The van der Waals surface area contributed by atoms with Gasteiger partial charge in [-0.1, -0.05) is 19.1 Å². The van der Waals surface area contributed by atoms with E-state index in [1.165, 1.54) is 0 Å². The van der Waals surface area contributed by atoms with Crippen molar-refractivity contribution < 1.29 is 14.3 Å². The van der Waals surface area contributed by atoms with Crippen molar-refractivity contribution in [3.8, 4) is 5.75 Å². The number of carbonyl (C=O) groups excluding carboxylic acids is 2. The van der Waals surface area contributed by atoms with E-state index >= 15 is 0 Å². The number of hydrogen-bond donors (Lipinski definition) is 0. The number of ether oxygens (including phenoxy) is 1. The van der Waals surface area contributed by atoms with E-state index in [2.05, 4.69) is 0 Å². The first-order valence-corrected chi connectivity index (χ1v) is 7.21. The first-order valence-electron chi connectivity index (χ1n) is 7.21. The monoisotopic (exact) mass is 275 g/mol. The van der Waals surface area contributed by atoms with Crippen LogP contribution in [0.1, 0.15) is 43.5 Å². The second-order valence-corrected chi connectivity index (χ2v) is 5.07. The molecule has 4 nitrogen and oxygen atoms in total. The van der Waals surface area contributed by atoms with Gasteiger partial charge in [-0.3, -0.25) is 9.59 Å². The molecule has 1 amide bonds. The van der Waals surface area contributed by atoms with Crippen molar-refractivity contribution in [2.45, 2.75) is 39.2 Å². The van der Waals surface area contributed by atoms with Crippen molar-refractivity contribution in [1.82, 2.24) is 4.90 Å². The van der Waals surface area contributed by atoms with Crippen LogP contribution in [0.3, 0.4) is 0 Å². The maximum Gasteiger partial charge on any atom is 0.263 e. The summed E-state index contributed by atoms with van der Waals surface area (Å²) in [4.78, 5) is 25.9. The van der Waals surface area contributed by atoms with Gasteiger partial charge in [-0.2, -0.15) is 0 Å². The smallest absolute Gasteiger partial charge is 0.263 e. The SMILES string of the molecule is CCC(=O)c1ccccc1OC(C)C(=O)N1CCCC1. The van der Waals surface area contributed by atoms with E-state index in [-0.39, 0.29) is 11.7 Å². The molecule has 1 aromatic carbocycles. The Morgan fingerprint density at radius 2 is 1.90 bits per heavy atom. The van der Waals surface area contributed by atoms with E-state index in [0.29, 0.717) is 17.7 Å². The van der Waals surface area contributed by atoms with Gasteiger partial charge in [0, 0.05) is 19.5 Å². The highest BCUT2D eigenvalue weighted by atomic mass is 16.5. The van der Waals surface area contributed by atoms with Crippen LogP contribution in [0.5, 0.6) is 5.75 Å². The second kappa shape index (κ2) is 6.55. The van der Waals surface area contributed by atoms with Crippen LogP contribution in [-0.4, -0.2) is 35.8 Å². The molecule has 0 saturated carbocycles. The lowest BCUT2D eigenvalue weighted by Crippen LogP contribution is -2.38. The second-order valence-electron chi connectivity index (χ2n) is 5.07. The topological polar surface area (TPSA) is 46.6 Å². The molecule has 0 N–H and O–H groups in total. The van der Waals surface area contributed by atoms with Gasteiger partial charge < -0.3 is 9.64 Å². The van der Waals surface area contributed by atoms with E-state index in [0.717, 1.165) is 25.9 Å². The molecular weight excluding hydrogens is 254 g/mol. The number of amides is 1. The largest absolute Gasteiger partial charge is 0.480 e. The number of likely N-dealkylation sites (tertiary alicyclic amines) is 1. The molecule has 0 radical (unpaired) electrons. The summed E-state index contributed by atoms with van der Waals surface area (Å²) in [7, 11) is 0. The molecule has 1 fully saturated rings. The minimum atomic E-state index is -0.557. The van der Waals surface area contributed by atoms with Crippen LogP contribution in [0, 0.1) is 0 Å². The van der Waals surface area contributed by atoms with Crippen LogP contribution in [0.2, 0.25) is 0 Å². The van der Waals surface area contributed by atoms with Gasteiger partial charge in [-0.05, 0) is 31.9 Å². The van der Waals surface area contributed by atoms with Crippen LogP contribution >= 0.6 is 0 Å². The third-order valence-corrected chi connectivity index (χ3v) is 3.58. The van der Waals surface area contributed by atoms with Gasteiger partial charge >= 0.3 is 0 Å². The third kappa shape index (κ3) is 3.18. The summed E-state index contributed by atoms with van der Waals surface area (Å²) < 4.78 is 5.73. The van der Waals surface area contributed by atoms with E-state index in [4.69, 9.17) is 4.74 Å². The summed E-state index contributed by atoms with van der Waals surface area (Å²) >= 11 is 0. The lowest BCUT2D eigenvalue weighted by Gasteiger charge is -2.22. The van der Waals surface area contributed by atoms with Crippen molar-refractivity contribution >= 4 is 11.7 Å². The number of nitrogens with zero attached hydrogens (tertiary/aromatic N) is 1. The molecule has 1 unspecified atom stereocenters. The minimum Gasteiger partial charge on any atom is -0.480 e. The molecule has 1 saturated heterocycles. The molecule has 0 aromatic heterocycles. The Morgan fingerprint density at radius 1 is 1.25 bits per heavy atom. The fourth-order valence-electron chi connectivity index (χ4n) is 2.43. The lowest BCUT2D eigenvalue weighted by molar-refractivity contribution is -0.136. The van der Waals surface area contributed by atoms with Crippen LogP contribution in [0.15, 0.2) is 24.3 Å². The summed E-state index contributed by atoms with van der Waals surface area (Å²) in [6.45, 7) is 5.18. The predicted octanol–water partition coefficient (Wildman–Crippen LogP) is 2.67. The van der Waals surface area contributed by atoms with Crippen molar-refractivity contribution in [2.24, 2.45) is 0 Å². The lowest BCUT2D eigenvalue weighted by atomic mass is 10.1. The standard InChI is InChI=1S/C16H21NO3/c1-3-14(18)13-8-4-5-9-15(13)20-12(2)16(19)17-10-6-7-11-17/h4-5,8-9,12H,3,6-7,10-11H2,1-2H3. The number of rotatable bonds is 5. The third-order valence-electron chi connectivity index (χ3n) is 3.58. The molecule has 1 heterocycles. The Labute approximate surface area is 119 Å². The summed E-state index contributed by atoms with van der Waals surface area (Å²) in [5, 5.41) is 0. The molecule has 1 aliphatic heterocycles. The van der Waals surface area contributed by atoms with E-state index in [1.807, 2.05) is 24.0 Å². The molecule has 0 spiro atoms. The van der Waals surface area contributed by atoms with E-state index in [1.54, 1.807) is 19.1 Å². The zero-order valence-corrected chi connectivity index (χ0v) is 12.1. The molecule has 1 aromatic rings. The van der Waals surface area contributed by atoms with Gasteiger partial charge in [0.05, 0.1) is 5.56 Å². The highest BCUT2D eigenvalue weighted by Crippen LogP contribution is 2.22. The molecule has 1 atom stereocenters. The predicted molar refractivity (Wildman–Crippen MR) is 77.0 cm³/mol. The van der Waals surface area contributed by atoms with Gasteiger partial charge in [-0.15, -0.1) is 0 Å². The maximum atomic E-state index is 12.2. The normalized spacial score (nSPS) is 16.0. The fourth-order valence-corrected chi connectivity index (χ4v) is 2.43. The van der Waals surface area contributed by atoms with E-state index < -0.39 is 6.10 Å². The van der Waals surface area contributed by atoms with Crippen LogP contribution in [-0.2, 0) is 4.79 Å². The van der Waals surface area contributed by atoms with Crippen LogP contribution in [0.25, 0.3) is 0 Å². The Kier molecular flexibility index (Phi) is 4.77. The van der Waals surface area contributed by atoms with Gasteiger partial charge in [0.1, 0.15) is 5.75 Å². The number of carbonyl (C=O) groups is 2. The molecular formula is C16H21NO3. The van der Waals surface area contributed by atoms with Crippen molar-refractivity contribution in [3.63, 3.8) is 0 Å².